The summed E-state index contributed by atoms with van der Waals surface area (Å²) in [5, 5.41) is 5.10. The minimum atomic E-state index is -0.586. The molecule has 5 nitrogen and oxygen atoms in total. The molecule has 1 saturated heterocycles. The van der Waals surface area contributed by atoms with Crippen LogP contribution in [0.15, 0.2) is 48.5 Å². The van der Waals surface area contributed by atoms with E-state index in [1.165, 1.54) is 6.07 Å². The second-order valence-corrected chi connectivity index (χ2v) is 6.12. The Kier molecular flexibility index (Phi) is 4.97. The Balaban J connectivity index is 1.57. The van der Waals surface area contributed by atoms with Gasteiger partial charge >= 0.3 is 6.03 Å². The third-order valence-electron chi connectivity index (χ3n) is 4.26. The SMILES string of the molecule is Cc1cccc(NC(=O)NC2CCN(Cc3ccccc3)C2=O)c1F. The van der Waals surface area contributed by atoms with E-state index in [2.05, 4.69) is 10.6 Å². The van der Waals surface area contributed by atoms with Gasteiger partial charge in [0, 0.05) is 13.1 Å². The first-order valence-electron chi connectivity index (χ1n) is 8.20. The van der Waals surface area contributed by atoms with Crippen molar-refractivity contribution < 1.29 is 14.0 Å². The number of nitrogens with one attached hydrogen (secondary N) is 2. The van der Waals surface area contributed by atoms with Crippen molar-refractivity contribution in [2.75, 3.05) is 11.9 Å². The van der Waals surface area contributed by atoms with Crippen molar-refractivity contribution in [3.8, 4) is 0 Å². The van der Waals surface area contributed by atoms with Crippen molar-refractivity contribution in [3.05, 3.63) is 65.5 Å². The molecule has 0 saturated carbocycles. The maximum Gasteiger partial charge on any atom is 0.319 e. The molecule has 0 spiro atoms. The van der Waals surface area contributed by atoms with E-state index in [-0.39, 0.29) is 11.6 Å². The fraction of sp³-hybridized carbons (Fsp3) is 0.263. The largest absolute Gasteiger partial charge is 0.336 e. The zero-order chi connectivity index (χ0) is 17.8. The number of carbonyl (C=O) groups is 2. The third-order valence-corrected chi connectivity index (χ3v) is 4.26. The number of anilines is 1. The van der Waals surface area contributed by atoms with Gasteiger partial charge in [0.1, 0.15) is 11.9 Å². The second kappa shape index (κ2) is 7.34. The molecule has 1 atom stereocenters. The molecule has 2 aromatic carbocycles. The lowest BCUT2D eigenvalue weighted by Gasteiger charge is -2.17. The fourth-order valence-corrected chi connectivity index (χ4v) is 2.89. The summed E-state index contributed by atoms with van der Waals surface area (Å²) >= 11 is 0. The standard InChI is InChI=1S/C19H20FN3O2/c1-13-6-5-9-15(17(13)20)21-19(25)22-16-10-11-23(18(16)24)12-14-7-3-2-4-8-14/h2-9,16H,10-12H2,1H3,(H2,21,22,25). The molecular formula is C19H20FN3O2. The predicted octanol–water partition coefficient (Wildman–Crippen LogP) is 3.06. The van der Waals surface area contributed by atoms with Crippen molar-refractivity contribution in [3.63, 3.8) is 0 Å². The van der Waals surface area contributed by atoms with Gasteiger partial charge in [-0.05, 0) is 30.5 Å². The summed E-state index contributed by atoms with van der Waals surface area (Å²) in [5.41, 5.74) is 1.59. The molecule has 130 valence electrons. The first-order chi connectivity index (χ1) is 12.0. The third kappa shape index (κ3) is 3.96. The van der Waals surface area contributed by atoms with Crippen LogP contribution < -0.4 is 10.6 Å². The Morgan fingerprint density at radius 1 is 1.20 bits per heavy atom. The summed E-state index contributed by atoms with van der Waals surface area (Å²) in [4.78, 5) is 26.2. The van der Waals surface area contributed by atoms with E-state index >= 15 is 0 Å². The normalized spacial score (nSPS) is 16.8. The van der Waals surface area contributed by atoms with Crippen molar-refractivity contribution in [1.29, 1.82) is 0 Å². The van der Waals surface area contributed by atoms with E-state index in [0.717, 1.165) is 5.56 Å². The van der Waals surface area contributed by atoms with Gasteiger partial charge in [0.2, 0.25) is 5.91 Å². The van der Waals surface area contributed by atoms with E-state index in [9.17, 15) is 14.0 Å². The van der Waals surface area contributed by atoms with Crippen LogP contribution in [-0.2, 0) is 11.3 Å². The highest BCUT2D eigenvalue weighted by Gasteiger charge is 2.32. The molecule has 0 aromatic heterocycles. The van der Waals surface area contributed by atoms with Crippen LogP contribution in [0.4, 0.5) is 14.9 Å². The van der Waals surface area contributed by atoms with Crippen LogP contribution in [0.3, 0.4) is 0 Å². The Hall–Kier alpha value is -2.89. The number of hydrogen-bond acceptors (Lipinski definition) is 2. The van der Waals surface area contributed by atoms with Crippen LogP contribution in [0.1, 0.15) is 17.5 Å². The molecule has 1 heterocycles. The highest BCUT2D eigenvalue weighted by Crippen LogP contribution is 2.18. The van der Waals surface area contributed by atoms with Crippen molar-refractivity contribution in [1.82, 2.24) is 10.2 Å². The number of nitrogens with zero attached hydrogens (tertiary/aromatic N) is 1. The summed E-state index contributed by atoms with van der Waals surface area (Å²) in [6.07, 6.45) is 0.537. The molecule has 0 radical (unpaired) electrons. The van der Waals surface area contributed by atoms with E-state index in [1.807, 2.05) is 30.3 Å². The average Bonchev–Trinajstić information content (AvgIpc) is 2.93. The number of rotatable bonds is 4. The first kappa shape index (κ1) is 17.0. The van der Waals surface area contributed by atoms with E-state index < -0.39 is 17.9 Å². The average molecular weight is 341 g/mol. The van der Waals surface area contributed by atoms with Crippen LogP contribution >= 0.6 is 0 Å². The monoisotopic (exact) mass is 341 g/mol. The molecule has 2 N–H and O–H groups in total. The lowest BCUT2D eigenvalue weighted by Crippen LogP contribution is -2.43. The van der Waals surface area contributed by atoms with Crippen molar-refractivity contribution in [2.45, 2.75) is 25.9 Å². The van der Waals surface area contributed by atoms with Crippen LogP contribution in [0.2, 0.25) is 0 Å². The molecule has 3 rings (SSSR count). The predicted molar refractivity (Wildman–Crippen MR) is 93.6 cm³/mol. The number of benzene rings is 2. The van der Waals surface area contributed by atoms with Crippen molar-refractivity contribution >= 4 is 17.6 Å². The Morgan fingerprint density at radius 3 is 2.72 bits per heavy atom. The molecular weight excluding hydrogens is 321 g/mol. The van der Waals surface area contributed by atoms with Gasteiger partial charge in [-0.25, -0.2) is 9.18 Å². The molecule has 1 fully saturated rings. The number of hydrogen-bond donors (Lipinski definition) is 2. The van der Waals surface area contributed by atoms with E-state index in [1.54, 1.807) is 24.0 Å². The maximum atomic E-state index is 13.9. The number of aryl methyl sites for hydroxylation is 1. The summed E-state index contributed by atoms with van der Waals surface area (Å²) in [5.74, 6) is -0.593. The fourth-order valence-electron chi connectivity index (χ4n) is 2.89. The summed E-state index contributed by atoms with van der Waals surface area (Å²) in [6.45, 7) is 2.73. The number of carbonyl (C=O) groups excluding carboxylic acids is 2. The first-order valence-corrected chi connectivity index (χ1v) is 8.20. The van der Waals surface area contributed by atoms with Gasteiger partial charge in [0.25, 0.3) is 0 Å². The van der Waals surface area contributed by atoms with Crippen LogP contribution in [0, 0.1) is 12.7 Å². The molecule has 1 aliphatic heterocycles. The van der Waals surface area contributed by atoms with Gasteiger partial charge in [-0.15, -0.1) is 0 Å². The second-order valence-electron chi connectivity index (χ2n) is 6.12. The quantitative estimate of drug-likeness (QED) is 0.898. The minimum absolute atomic E-state index is 0.101. The molecule has 6 heteroatoms. The van der Waals surface area contributed by atoms with Gasteiger partial charge in [0.15, 0.2) is 0 Å². The number of urea groups is 1. The molecule has 1 aliphatic rings. The van der Waals surface area contributed by atoms with Crippen LogP contribution in [0.25, 0.3) is 0 Å². The summed E-state index contributed by atoms with van der Waals surface area (Å²) in [7, 11) is 0. The van der Waals surface area contributed by atoms with Gasteiger partial charge in [-0.1, -0.05) is 42.5 Å². The zero-order valence-electron chi connectivity index (χ0n) is 14.0. The van der Waals surface area contributed by atoms with E-state index in [4.69, 9.17) is 0 Å². The Labute approximate surface area is 145 Å². The maximum absolute atomic E-state index is 13.9. The Morgan fingerprint density at radius 2 is 1.96 bits per heavy atom. The van der Waals surface area contributed by atoms with Gasteiger partial charge in [-0.3, -0.25) is 4.79 Å². The summed E-state index contributed by atoms with van der Waals surface area (Å²) < 4.78 is 13.9. The number of likely N-dealkylation sites (tertiary alicyclic amines) is 1. The molecule has 25 heavy (non-hydrogen) atoms. The molecule has 2 aromatic rings. The summed E-state index contributed by atoms with van der Waals surface area (Å²) in [6, 6.07) is 13.3. The van der Waals surface area contributed by atoms with Crippen LogP contribution in [0.5, 0.6) is 0 Å². The van der Waals surface area contributed by atoms with Gasteiger partial charge in [0.05, 0.1) is 5.69 Å². The van der Waals surface area contributed by atoms with Gasteiger partial charge < -0.3 is 15.5 Å². The topological polar surface area (TPSA) is 61.4 Å². The zero-order valence-corrected chi connectivity index (χ0v) is 14.0. The molecule has 0 bridgehead atoms. The molecule has 1 unspecified atom stereocenters. The smallest absolute Gasteiger partial charge is 0.319 e. The van der Waals surface area contributed by atoms with Crippen LogP contribution in [-0.4, -0.2) is 29.4 Å². The van der Waals surface area contributed by atoms with Crippen molar-refractivity contribution in [2.24, 2.45) is 0 Å². The Bertz CT molecular complexity index is 779. The van der Waals surface area contributed by atoms with E-state index in [0.29, 0.717) is 25.1 Å². The minimum Gasteiger partial charge on any atom is -0.336 e. The molecule has 3 amide bonds. The highest BCUT2D eigenvalue weighted by atomic mass is 19.1. The highest BCUT2D eigenvalue weighted by molar-refractivity contribution is 5.94. The van der Waals surface area contributed by atoms with Gasteiger partial charge in [-0.2, -0.15) is 0 Å². The lowest BCUT2D eigenvalue weighted by atomic mass is 10.2. The molecule has 0 aliphatic carbocycles. The number of amides is 3. The number of halogens is 1. The lowest BCUT2D eigenvalue weighted by molar-refractivity contribution is -0.129.